The number of imide groups is 1. The van der Waals surface area contributed by atoms with Crippen molar-refractivity contribution < 1.29 is 32.6 Å². The van der Waals surface area contributed by atoms with Crippen molar-refractivity contribution in [2.24, 2.45) is 13.0 Å². The zero-order chi connectivity index (χ0) is 43.8. The molecule has 6 aliphatic rings. The Morgan fingerprint density at radius 1 is 1.00 bits per heavy atom. The van der Waals surface area contributed by atoms with Crippen LogP contribution in [0.4, 0.5) is 26.0 Å². The van der Waals surface area contributed by atoms with Gasteiger partial charge in [0.1, 0.15) is 17.4 Å². The lowest BCUT2D eigenvalue weighted by molar-refractivity contribution is -0.135. The Bertz CT molecular complexity index is 2670. The summed E-state index contributed by atoms with van der Waals surface area (Å²) in [4.78, 5) is 63.1. The van der Waals surface area contributed by atoms with Crippen molar-refractivity contribution >= 4 is 51.6 Å². The lowest BCUT2D eigenvalue weighted by Gasteiger charge is -2.44. The molecule has 2 bridgehead atoms. The Kier molecular flexibility index (Phi) is 10.5. The van der Waals surface area contributed by atoms with Crippen LogP contribution in [0.15, 0.2) is 47.7 Å². The van der Waals surface area contributed by atoms with Crippen LogP contribution in [0.2, 0.25) is 0 Å². The molecule has 1 aromatic carbocycles. The van der Waals surface area contributed by atoms with Crippen molar-refractivity contribution in [1.29, 1.82) is 0 Å². The fourth-order valence-corrected chi connectivity index (χ4v) is 11.0. The Balaban J connectivity index is 0.652. The molecule has 1 saturated carbocycles. The summed E-state index contributed by atoms with van der Waals surface area (Å²) < 4.78 is 47.2. The number of rotatable bonds is 11. The molecule has 1 aliphatic carbocycles. The molecule has 9 heterocycles. The third kappa shape index (κ3) is 7.41. The SMILES string of the molecule is Cn1c(=O)n(C2CCC(=O)NC2=O)c2cccc(N3CC(OC4CCN(C[C@H]5CC[C@H](n6cc(NC(=O)c7cnn8ccc(N9C[C@H]%10C[C@@H]9CO%10)nc78)c(C(F)F)n6)CC5)CC4)C3)c21. The predicted octanol–water partition coefficient (Wildman–Crippen LogP) is 3.83. The fraction of sp³-hybridized carbons (Fsp3) is 0.568. The quantitative estimate of drug-likeness (QED) is 0.184. The number of carbonyl (C=O) groups excluding carboxylic acids is 3. The molecule has 18 nitrogen and oxygen atoms in total. The number of aromatic nitrogens is 7. The predicted molar refractivity (Wildman–Crippen MR) is 230 cm³/mol. The van der Waals surface area contributed by atoms with E-state index < -0.39 is 30.0 Å². The number of hydrogen-bond donors (Lipinski definition) is 2. The number of amides is 3. The molecule has 338 valence electrons. The minimum Gasteiger partial charge on any atom is -0.374 e. The van der Waals surface area contributed by atoms with E-state index >= 15 is 0 Å². The van der Waals surface area contributed by atoms with Crippen LogP contribution >= 0.6 is 0 Å². The maximum atomic E-state index is 14.3. The van der Waals surface area contributed by atoms with Crippen LogP contribution in [0.1, 0.15) is 92.3 Å². The number of anilines is 3. The van der Waals surface area contributed by atoms with E-state index in [9.17, 15) is 28.0 Å². The van der Waals surface area contributed by atoms with Gasteiger partial charge in [-0.15, -0.1) is 0 Å². The third-order valence-corrected chi connectivity index (χ3v) is 14.4. The molecule has 11 rings (SSSR count). The van der Waals surface area contributed by atoms with Crippen LogP contribution < -0.4 is 26.1 Å². The van der Waals surface area contributed by atoms with E-state index in [-0.39, 0.29) is 59.7 Å². The van der Waals surface area contributed by atoms with Gasteiger partial charge < -0.3 is 29.5 Å². The first-order valence-electron chi connectivity index (χ1n) is 22.6. The van der Waals surface area contributed by atoms with Crippen LogP contribution in [-0.4, -0.2) is 126 Å². The van der Waals surface area contributed by atoms with Crippen LogP contribution in [-0.2, 0) is 26.1 Å². The summed E-state index contributed by atoms with van der Waals surface area (Å²) in [6.07, 6.45) is 9.17. The summed E-state index contributed by atoms with van der Waals surface area (Å²) in [5.74, 6) is -0.0980. The van der Waals surface area contributed by atoms with Gasteiger partial charge in [-0.05, 0) is 75.5 Å². The van der Waals surface area contributed by atoms with Crippen molar-refractivity contribution in [2.75, 3.05) is 61.0 Å². The van der Waals surface area contributed by atoms with E-state index in [0.717, 1.165) is 88.1 Å². The highest BCUT2D eigenvalue weighted by molar-refractivity contribution is 6.08. The van der Waals surface area contributed by atoms with E-state index in [1.165, 1.54) is 15.3 Å². The number of alkyl halides is 2. The summed E-state index contributed by atoms with van der Waals surface area (Å²) in [5.41, 5.74) is 2.19. The monoisotopic (exact) mass is 882 g/mol. The number of morpholine rings is 1. The zero-order valence-corrected chi connectivity index (χ0v) is 35.7. The summed E-state index contributed by atoms with van der Waals surface area (Å²) >= 11 is 0. The molecule has 2 N–H and O–H groups in total. The first-order valence-corrected chi connectivity index (χ1v) is 22.6. The second kappa shape index (κ2) is 16.4. The van der Waals surface area contributed by atoms with Crippen molar-refractivity contribution in [3.05, 3.63) is 64.6 Å². The van der Waals surface area contributed by atoms with Gasteiger partial charge in [0.05, 0.1) is 65.6 Å². The number of carbonyl (C=O) groups is 3. The van der Waals surface area contributed by atoms with Crippen LogP contribution in [0.25, 0.3) is 16.7 Å². The number of para-hydroxylation sites is 1. The molecular formula is C44H52F2N12O6. The molecule has 0 radical (unpaired) electrons. The Labute approximate surface area is 366 Å². The molecule has 5 aromatic rings. The van der Waals surface area contributed by atoms with Gasteiger partial charge in [0, 0.05) is 65.1 Å². The zero-order valence-electron chi connectivity index (χ0n) is 35.7. The van der Waals surface area contributed by atoms with Crippen molar-refractivity contribution in [3.63, 3.8) is 0 Å². The van der Waals surface area contributed by atoms with Gasteiger partial charge in [-0.1, -0.05) is 6.07 Å². The second-order valence-electron chi connectivity index (χ2n) is 18.4. The van der Waals surface area contributed by atoms with E-state index in [1.807, 2.05) is 24.3 Å². The number of benzene rings is 1. The number of aryl methyl sites for hydroxylation is 1. The molecule has 4 aromatic heterocycles. The van der Waals surface area contributed by atoms with Gasteiger partial charge in [-0.2, -0.15) is 10.2 Å². The van der Waals surface area contributed by atoms with E-state index in [2.05, 4.69) is 35.5 Å². The maximum Gasteiger partial charge on any atom is 0.329 e. The van der Waals surface area contributed by atoms with Crippen molar-refractivity contribution in [2.45, 2.75) is 101 Å². The van der Waals surface area contributed by atoms with Crippen LogP contribution in [0.3, 0.4) is 0 Å². The third-order valence-electron chi connectivity index (χ3n) is 14.4. The van der Waals surface area contributed by atoms with Crippen LogP contribution in [0, 0.1) is 5.92 Å². The second-order valence-corrected chi connectivity index (χ2v) is 18.4. The summed E-state index contributed by atoms with van der Waals surface area (Å²) in [7, 11) is 1.72. The topological polar surface area (TPSA) is 178 Å². The summed E-state index contributed by atoms with van der Waals surface area (Å²) in [6.45, 7) is 5.69. The van der Waals surface area contributed by atoms with Crippen molar-refractivity contribution in [3.8, 4) is 0 Å². The largest absolute Gasteiger partial charge is 0.374 e. The summed E-state index contributed by atoms with van der Waals surface area (Å²) in [6, 6.07) is 7.10. The molecule has 3 atom stereocenters. The van der Waals surface area contributed by atoms with E-state index in [0.29, 0.717) is 43.2 Å². The minimum atomic E-state index is -2.86. The number of halogens is 2. The standard InChI is InChI=1S/C44H52F2N12O6/c1-52-39-33(3-2-4-34(39)58(44(52)62)35-9-10-37(59)50-43(35)61)54-20-30(21-54)64-28-11-14-53(15-12-28)19-25-5-7-26(8-6-25)57-23-32(38(51-57)40(45)46)48-42(60)31-18-47-56-16-13-36(49-41(31)56)55-22-29-17-27(55)24-63-29/h2-4,13,16,18,23,25-30,35,40H,5-12,14-15,17,19-22,24H2,1H3,(H,48,60)(H,50,59,61)/t25-,26-,27-,29-,35?/m1/s1. The first kappa shape index (κ1) is 41.0. The molecule has 5 aliphatic heterocycles. The number of fused-ring (bicyclic) bond motifs is 4. The number of nitrogens with zero attached hydrogens (tertiary/aromatic N) is 10. The highest BCUT2D eigenvalue weighted by Crippen LogP contribution is 2.38. The van der Waals surface area contributed by atoms with Gasteiger partial charge >= 0.3 is 5.69 Å². The average molecular weight is 883 g/mol. The van der Waals surface area contributed by atoms with E-state index in [4.69, 9.17) is 14.5 Å². The minimum absolute atomic E-state index is 0.00244. The van der Waals surface area contributed by atoms with Gasteiger partial charge in [-0.3, -0.25) is 33.5 Å². The van der Waals surface area contributed by atoms with Gasteiger partial charge in [0.15, 0.2) is 11.3 Å². The summed E-state index contributed by atoms with van der Waals surface area (Å²) in [5, 5.41) is 13.7. The van der Waals surface area contributed by atoms with E-state index in [1.54, 1.807) is 28.7 Å². The number of hydrogen-bond acceptors (Lipinski definition) is 12. The first-order chi connectivity index (χ1) is 31.0. The fourth-order valence-electron chi connectivity index (χ4n) is 11.0. The Morgan fingerprint density at radius 2 is 1.81 bits per heavy atom. The Morgan fingerprint density at radius 3 is 2.55 bits per heavy atom. The number of imidazole rings is 1. The molecule has 3 amide bonds. The molecular weight excluding hydrogens is 831 g/mol. The lowest BCUT2D eigenvalue weighted by atomic mass is 9.85. The smallest absolute Gasteiger partial charge is 0.329 e. The van der Waals surface area contributed by atoms with Crippen molar-refractivity contribution in [1.82, 2.24) is 43.7 Å². The van der Waals surface area contributed by atoms with Crippen LogP contribution in [0.5, 0.6) is 0 Å². The molecule has 0 spiro atoms. The molecule has 1 unspecified atom stereocenters. The van der Waals surface area contributed by atoms with Gasteiger partial charge in [-0.25, -0.2) is 23.1 Å². The number of likely N-dealkylation sites (tertiary alicyclic amines) is 1. The molecule has 5 saturated heterocycles. The average Bonchev–Trinajstić information content (AvgIpc) is 4.13. The number of ether oxygens (including phenoxy) is 2. The van der Waals surface area contributed by atoms with Gasteiger partial charge in [0.25, 0.3) is 12.3 Å². The molecule has 64 heavy (non-hydrogen) atoms. The normalized spacial score (nSPS) is 25.8. The highest BCUT2D eigenvalue weighted by atomic mass is 19.3. The molecule has 6 fully saturated rings. The maximum absolute atomic E-state index is 14.3. The number of nitrogens with one attached hydrogen (secondary N) is 2. The Hall–Kier alpha value is -5.73. The van der Waals surface area contributed by atoms with Gasteiger partial charge in [0.2, 0.25) is 11.8 Å². The lowest BCUT2D eigenvalue weighted by Crippen LogP contribution is -2.54. The highest BCUT2D eigenvalue weighted by Gasteiger charge is 2.40. The number of piperidine rings is 2. The molecule has 20 heteroatoms.